The second kappa shape index (κ2) is 8.14. The first-order valence-corrected chi connectivity index (χ1v) is 8.71. The van der Waals surface area contributed by atoms with Crippen LogP contribution in [0.25, 0.3) is 0 Å². The molecule has 0 heterocycles. The Morgan fingerprint density at radius 1 is 1.10 bits per heavy atom. The molecule has 0 aromatic heterocycles. The van der Waals surface area contributed by atoms with Crippen molar-refractivity contribution in [2.75, 3.05) is 13.1 Å². The van der Waals surface area contributed by atoms with Gasteiger partial charge in [0.15, 0.2) is 0 Å². The Labute approximate surface area is 126 Å². The molecule has 0 bridgehead atoms. The van der Waals surface area contributed by atoms with Gasteiger partial charge in [-0.15, -0.1) is 0 Å². The van der Waals surface area contributed by atoms with Crippen LogP contribution in [0, 0.1) is 0 Å². The molecule has 118 valence electrons. The van der Waals surface area contributed by atoms with Crippen LogP contribution in [0.5, 0.6) is 0 Å². The summed E-state index contributed by atoms with van der Waals surface area (Å²) < 4.78 is 26.9. The van der Waals surface area contributed by atoms with Crippen molar-refractivity contribution in [2.45, 2.75) is 44.4 Å². The number of hydrogen-bond acceptors (Lipinski definition) is 3. The molecule has 0 aliphatic carbocycles. The Morgan fingerprint density at radius 3 is 2.10 bits per heavy atom. The molecule has 6 heteroatoms. The van der Waals surface area contributed by atoms with E-state index in [1.54, 1.807) is 6.07 Å². The summed E-state index contributed by atoms with van der Waals surface area (Å²) in [7, 11) is -3.77. The van der Waals surface area contributed by atoms with Crippen molar-refractivity contribution in [1.82, 2.24) is 4.31 Å². The number of aromatic carboxylic acids is 1. The average Bonchev–Trinajstić information content (AvgIpc) is 2.47. The van der Waals surface area contributed by atoms with Crippen LogP contribution in [0.3, 0.4) is 0 Å². The van der Waals surface area contributed by atoms with Crippen molar-refractivity contribution in [3.05, 3.63) is 29.8 Å². The van der Waals surface area contributed by atoms with E-state index in [1.807, 2.05) is 13.8 Å². The fraction of sp³-hybridized carbons (Fsp3) is 0.533. The molecule has 21 heavy (non-hydrogen) atoms. The minimum absolute atomic E-state index is 0.121. The average molecular weight is 313 g/mol. The molecule has 0 fully saturated rings. The van der Waals surface area contributed by atoms with Gasteiger partial charge in [0.1, 0.15) is 0 Å². The number of carboxylic acid groups (broad SMARTS) is 1. The van der Waals surface area contributed by atoms with E-state index in [0.717, 1.165) is 25.7 Å². The maximum atomic E-state index is 12.7. The van der Waals surface area contributed by atoms with Gasteiger partial charge in [0.2, 0.25) is 10.0 Å². The third-order valence-corrected chi connectivity index (χ3v) is 5.21. The van der Waals surface area contributed by atoms with Crippen LogP contribution in [0.2, 0.25) is 0 Å². The molecular weight excluding hydrogens is 290 g/mol. The van der Waals surface area contributed by atoms with Crippen LogP contribution in [0.1, 0.15) is 49.9 Å². The van der Waals surface area contributed by atoms with Crippen molar-refractivity contribution in [3.8, 4) is 0 Å². The third kappa shape index (κ3) is 4.54. The van der Waals surface area contributed by atoms with Gasteiger partial charge in [0.25, 0.3) is 0 Å². The van der Waals surface area contributed by atoms with Gasteiger partial charge in [0, 0.05) is 13.1 Å². The Balaban J connectivity index is 3.18. The van der Waals surface area contributed by atoms with E-state index in [1.165, 1.54) is 22.5 Å². The summed E-state index contributed by atoms with van der Waals surface area (Å²) in [4.78, 5) is 11.1. The van der Waals surface area contributed by atoms with E-state index in [2.05, 4.69) is 0 Å². The molecule has 1 rings (SSSR count). The number of hydrogen-bond donors (Lipinski definition) is 1. The molecule has 0 saturated heterocycles. The highest BCUT2D eigenvalue weighted by atomic mass is 32.2. The predicted octanol–water partition coefficient (Wildman–Crippen LogP) is 2.98. The zero-order chi connectivity index (χ0) is 15.9. The number of rotatable bonds is 9. The van der Waals surface area contributed by atoms with Crippen LogP contribution < -0.4 is 0 Å². The first-order chi connectivity index (χ1) is 9.95. The predicted molar refractivity (Wildman–Crippen MR) is 82.0 cm³/mol. The summed E-state index contributed by atoms with van der Waals surface area (Å²) in [5, 5.41) is 9.18. The highest BCUT2D eigenvalue weighted by Gasteiger charge is 2.27. The highest BCUT2D eigenvalue weighted by Crippen LogP contribution is 2.21. The Hall–Kier alpha value is -1.40. The normalized spacial score (nSPS) is 11.8. The number of sulfonamides is 1. The van der Waals surface area contributed by atoms with Gasteiger partial charge in [-0.05, 0) is 25.0 Å². The minimum Gasteiger partial charge on any atom is -0.478 e. The summed E-state index contributed by atoms with van der Waals surface area (Å²) >= 11 is 0. The van der Waals surface area contributed by atoms with Crippen LogP contribution in [-0.2, 0) is 10.0 Å². The monoisotopic (exact) mass is 313 g/mol. The molecule has 0 saturated carbocycles. The van der Waals surface area contributed by atoms with E-state index in [9.17, 15) is 18.3 Å². The molecule has 0 unspecified atom stereocenters. The number of carbonyl (C=O) groups is 1. The summed E-state index contributed by atoms with van der Waals surface area (Å²) in [6, 6.07) is 5.78. The van der Waals surface area contributed by atoms with E-state index in [0.29, 0.717) is 13.1 Å². The number of nitrogens with zero attached hydrogens (tertiary/aromatic N) is 1. The zero-order valence-corrected chi connectivity index (χ0v) is 13.4. The van der Waals surface area contributed by atoms with Gasteiger partial charge in [0.05, 0.1) is 10.5 Å². The largest absolute Gasteiger partial charge is 0.478 e. The lowest BCUT2D eigenvalue weighted by Gasteiger charge is -2.22. The summed E-state index contributed by atoms with van der Waals surface area (Å²) in [6.07, 6.45) is 3.30. The smallest absolute Gasteiger partial charge is 0.337 e. The summed E-state index contributed by atoms with van der Waals surface area (Å²) in [5.74, 6) is -1.22. The topological polar surface area (TPSA) is 74.7 Å². The van der Waals surface area contributed by atoms with Gasteiger partial charge in [-0.2, -0.15) is 4.31 Å². The van der Waals surface area contributed by atoms with Crippen LogP contribution in [0.15, 0.2) is 29.2 Å². The first-order valence-electron chi connectivity index (χ1n) is 7.27. The lowest BCUT2D eigenvalue weighted by molar-refractivity contribution is 0.0692. The van der Waals surface area contributed by atoms with Crippen molar-refractivity contribution in [3.63, 3.8) is 0 Å². The molecule has 0 spiro atoms. The van der Waals surface area contributed by atoms with E-state index in [-0.39, 0.29) is 10.5 Å². The molecule has 0 radical (unpaired) electrons. The van der Waals surface area contributed by atoms with Gasteiger partial charge in [-0.1, -0.05) is 38.8 Å². The number of unbranched alkanes of at least 4 members (excludes halogenated alkanes) is 2. The molecule has 1 aromatic rings. The molecule has 0 atom stereocenters. The summed E-state index contributed by atoms with van der Waals surface area (Å²) in [5.41, 5.74) is -0.171. The SMILES string of the molecule is CCCCN(CCCC)S(=O)(=O)c1ccccc1C(=O)O. The molecule has 1 N–H and O–H groups in total. The number of benzene rings is 1. The third-order valence-electron chi connectivity index (χ3n) is 3.26. The van der Waals surface area contributed by atoms with E-state index >= 15 is 0 Å². The van der Waals surface area contributed by atoms with Gasteiger partial charge in [-0.25, -0.2) is 13.2 Å². The van der Waals surface area contributed by atoms with Crippen molar-refractivity contribution < 1.29 is 18.3 Å². The van der Waals surface area contributed by atoms with Gasteiger partial charge < -0.3 is 5.11 Å². The summed E-state index contributed by atoms with van der Waals surface area (Å²) in [6.45, 7) is 4.84. The molecule has 1 aromatic carbocycles. The molecule has 0 aliphatic rings. The van der Waals surface area contributed by atoms with Crippen LogP contribution in [-0.4, -0.2) is 36.9 Å². The Bertz CT molecular complexity index is 561. The van der Waals surface area contributed by atoms with Crippen molar-refractivity contribution in [2.24, 2.45) is 0 Å². The Kier molecular flexibility index (Phi) is 6.84. The number of carboxylic acids is 1. The fourth-order valence-electron chi connectivity index (χ4n) is 2.03. The first kappa shape index (κ1) is 17.7. The van der Waals surface area contributed by atoms with Crippen molar-refractivity contribution in [1.29, 1.82) is 0 Å². The lowest BCUT2D eigenvalue weighted by atomic mass is 10.2. The second-order valence-corrected chi connectivity index (χ2v) is 6.82. The van der Waals surface area contributed by atoms with Crippen LogP contribution >= 0.6 is 0 Å². The second-order valence-electron chi connectivity index (χ2n) is 4.91. The standard InChI is InChI=1S/C15H23NO4S/c1-3-5-11-16(12-6-4-2)21(19,20)14-10-8-7-9-13(14)15(17)18/h7-10H,3-6,11-12H2,1-2H3,(H,17,18). The quantitative estimate of drug-likeness (QED) is 0.760. The fourth-order valence-corrected chi connectivity index (χ4v) is 3.73. The maximum absolute atomic E-state index is 12.7. The Morgan fingerprint density at radius 2 is 1.62 bits per heavy atom. The molecule has 0 aliphatic heterocycles. The minimum atomic E-state index is -3.77. The highest BCUT2D eigenvalue weighted by molar-refractivity contribution is 7.89. The van der Waals surface area contributed by atoms with E-state index in [4.69, 9.17) is 0 Å². The maximum Gasteiger partial charge on any atom is 0.337 e. The molecule has 5 nitrogen and oxygen atoms in total. The molecule has 0 amide bonds. The molecular formula is C15H23NO4S. The van der Waals surface area contributed by atoms with Crippen molar-refractivity contribution >= 4 is 16.0 Å². The zero-order valence-electron chi connectivity index (χ0n) is 12.6. The lowest BCUT2D eigenvalue weighted by Crippen LogP contribution is -2.34. The van der Waals surface area contributed by atoms with E-state index < -0.39 is 16.0 Å². The van der Waals surface area contributed by atoms with Gasteiger partial charge in [-0.3, -0.25) is 0 Å². The van der Waals surface area contributed by atoms with Gasteiger partial charge >= 0.3 is 5.97 Å². The van der Waals surface area contributed by atoms with Crippen LogP contribution in [0.4, 0.5) is 0 Å².